The molecule has 6 nitrogen and oxygen atoms in total. The van der Waals surface area contributed by atoms with Crippen LogP contribution in [-0.2, 0) is 6.42 Å². The van der Waals surface area contributed by atoms with Gasteiger partial charge in [0.1, 0.15) is 0 Å². The van der Waals surface area contributed by atoms with E-state index in [-0.39, 0.29) is 23.3 Å². The van der Waals surface area contributed by atoms with Gasteiger partial charge in [0.25, 0.3) is 0 Å². The van der Waals surface area contributed by atoms with Gasteiger partial charge in [0, 0.05) is 25.0 Å². The number of hydrogen-bond donors (Lipinski definition) is 2. The zero-order valence-corrected chi connectivity index (χ0v) is 16.8. The van der Waals surface area contributed by atoms with Gasteiger partial charge in [-0.1, -0.05) is 30.3 Å². The van der Waals surface area contributed by atoms with Crippen LogP contribution in [0.5, 0.6) is 0 Å². The maximum Gasteiger partial charge on any atom is 0.249 e. The van der Waals surface area contributed by atoms with Crippen LogP contribution in [0.2, 0.25) is 0 Å². The van der Waals surface area contributed by atoms with Gasteiger partial charge >= 0.3 is 0 Å². The van der Waals surface area contributed by atoms with Crippen LogP contribution in [0.15, 0.2) is 42.6 Å². The molecule has 1 unspecified atom stereocenters. The van der Waals surface area contributed by atoms with Gasteiger partial charge in [0.05, 0.1) is 17.2 Å². The van der Waals surface area contributed by atoms with E-state index in [4.69, 9.17) is 5.73 Å². The zero-order chi connectivity index (χ0) is 20.4. The summed E-state index contributed by atoms with van der Waals surface area (Å²) in [7, 11) is 0. The van der Waals surface area contributed by atoms with Crippen LogP contribution in [0.3, 0.4) is 0 Å². The van der Waals surface area contributed by atoms with E-state index in [1.807, 2.05) is 6.07 Å². The Hall–Kier alpha value is -2.57. The van der Waals surface area contributed by atoms with Crippen LogP contribution in [0.4, 0.5) is 0 Å². The number of aryl methyl sites for hydroxylation is 2. The fourth-order valence-electron chi connectivity index (χ4n) is 4.96. The standard InChI is InChI=1S/C23H28N4O2/c1-15-20(18(23(24)29)9-10-26-15)22(28)21-19-13-25-12-17(19)14-27(21)11-5-8-16-6-3-2-4-7-16/h2-4,6-7,9-10,17,19,21,25H,5,8,11-14H2,1H3,(H2,24,29)/t17?,19-,21+/m1/s1. The van der Waals surface area contributed by atoms with Crippen molar-refractivity contribution in [2.45, 2.75) is 25.8 Å². The molecule has 1 aromatic heterocycles. The molecule has 2 saturated heterocycles. The van der Waals surface area contributed by atoms with Gasteiger partial charge in [-0.3, -0.25) is 19.5 Å². The molecule has 2 fully saturated rings. The summed E-state index contributed by atoms with van der Waals surface area (Å²) in [4.78, 5) is 32.2. The summed E-state index contributed by atoms with van der Waals surface area (Å²) in [6, 6.07) is 11.8. The summed E-state index contributed by atoms with van der Waals surface area (Å²) in [5, 5.41) is 3.43. The quantitative estimate of drug-likeness (QED) is 0.702. The number of pyridine rings is 1. The van der Waals surface area contributed by atoms with Crippen LogP contribution in [0.1, 0.15) is 38.4 Å². The van der Waals surface area contributed by atoms with Crippen molar-refractivity contribution in [2.24, 2.45) is 17.6 Å². The normalized spacial score (nSPS) is 23.8. The van der Waals surface area contributed by atoms with E-state index >= 15 is 0 Å². The second-order valence-electron chi connectivity index (χ2n) is 8.16. The SMILES string of the molecule is Cc1nccc(C(N)=O)c1C(=O)[C@@H]1[C@@H]2CNCC2CN1CCCc1ccccc1. The number of likely N-dealkylation sites (tertiary alicyclic amines) is 1. The lowest BCUT2D eigenvalue weighted by atomic mass is 9.87. The molecular formula is C23H28N4O2. The number of hydrogen-bond acceptors (Lipinski definition) is 5. The minimum atomic E-state index is -0.575. The lowest BCUT2D eigenvalue weighted by molar-refractivity contribution is 0.0824. The Balaban J connectivity index is 1.56. The minimum Gasteiger partial charge on any atom is -0.366 e. The first-order chi connectivity index (χ1) is 14.1. The molecule has 3 atom stereocenters. The van der Waals surface area contributed by atoms with Crippen LogP contribution < -0.4 is 11.1 Å². The number of rotatable bonds is 7. The van der Waals surface area contributed by atoms with Gasteiger partial charge < -0.3 is 11.1 Å². The molecule has 3 heterocycles. The number of primary amides is 1. The predicted octanol–water partition coefficient (Wildman–Crippen LogP) is 1.82. The topological polar surface area (TPSA) is 88.3 Å². The van der Waals surface area contributed by atoms with Crippen molar-refractivity contribution in [3.8, 4) is 0 Å². The highest BCUT2D eigenvalue weighted by Crippen LogP contribution is 2.35. The summed E-state index contributed by atoms with van der Waals surface area (Å²) in [5.41, 5.74) is 8.12. The number of carbonyl (C=O) groups is 2. The van der Waals surface area contributed by atoms with Gasteiger partial charge in [-0.05, 0) is 56.3 Å². The smallest absolute Gasteiger partial charge is 0.249 e. The summed E-state index contributed by atoms with van der Waals surface area (Å²) in [5.74, 6) is 0.142. The number of aromatic nitrogens is 1. The van der Waals surface area contributed by atoms with Gasteiger partial charge in [0.15, 0.2) is 5.78 Å². The second-order valence-corrected chi connectivity index (χ2v) is 8.16. The van der Waals surface area contributed by atoms with Crippen molar-refractivity contribution in [2.75, 3.05) is 26.2 Å². The molecule has 6 heteroatoms. The largest absolute Gasteiger partial charge is 0.366 e. The molecule has 1 aromatic carbocycles. The van der Waals surface area contributed by atoms with E-state index in [9.17, 15) is 9.59 Å². The van der Waals surface area contributed by atoms with Crippen LogP contribution >= 0.6 is 0 Å². The summed E-state index contributed by atoms with van der Waals surface area (Å²) >= 11 is 0. The number of fused-ring (bicyclic) bond motifs is 1. The molecule has 0 bridgehead atoms. The van der Waals surface area contributed by atoms with Gasteiger partial charge in [-0.2, -0.15) is 0 Å². The first kappa shape index (κ1) is 19.7. The summed E-state index contributed by atoms with van der Waals surface area (Å²) < 4.78 is 0. The van der Waals surface area contributed by atoms with E-state index in [0.717, 1.165) is 39.0 Å². The number of amides is 1. The van der Waals surface area contributed by atoms with Crippen LogP contribution in [0.25, 0.3) is 0 Å². The van der Waals surface area contributed by atoms with E-state index in [0.29, 0.717) is 17.2 Å². The van der Waals surface area contributed by atoms with Crippen molar-refractivity contribution in [1.82, 2.24) is 15.2 Å². The maximum absolute atomic E-state index is 13.7. The molecule has 0 saturated carbocycles. The number of ketones is 1. The third kappa shape index (κ3) is 3.95. The van der Waals surface area contributed by atoms with Crippen molar-refractivity contribution >= 4 is 11.7 Å². The summed E-state index contributed by atoms with van der Waals surface area (Å²) in [6.07, 6.45) is 3.53. The molecule has 2 aromatic rings. The van der Waals surface area contributed by atoms with E-state index < -0.39 is 5.91 Å². The first-order valence-electron chi connectivity index (χ1n) is 10.3. The molecule has 2 aliphatic rings. The molecule has 29 heavy (non-hydrogen) atoms. The average Bonchev–Trinajstić information content (AvgIpc) is 3.29. The lowest BCUT2D eigenvalue weighted by Crippen LogP contribution is -2.43. The van der Waals surface area contributed by atoms with Gasteiger partial charge in [0.2, 0.25) is 5.91 Å². The maximum atomic E-state index is 13.7. The Labute approximate surface area is 171 Å². The highest BCUT2D eigenvalue weighted by atomic mass is 16.1. The molecular weight excluding hydrogens is 364 g/mol. The van der Waals surface area contributed by atoms with E-state index in [1.165, 1.54) is 5.56 Å². The van der Waals surface area contributed by atoms with Crippen LogP contribution in [-0.4, -0.2) is 53.8 Å². The fourth-order valence-corrected chi connectivity index (χ4v) is 4.96. The number of carbonyl (C=O) groups excluding carboxylic acids is 2. The Kier molecular flexibility index (Phi) is 5.74. The predicted molar refractivity (Wildman–Crippen MR) is 112 cm³/mol. The van der Waals surface area contributed by atoms with Crippen molar-refractivity contribution in [3.63, 3.8) is 0 Å². The lowest BCUT2D eigenvalue weighted by Gasteiger charge is -2.27. The molecule has 0 radical (unpaired) electrons. The highest BCUT2D eigenvalue weighted by molar-refractivity contribution is 6.10. The van der Waals surface area contributed by atoms with Gasteiger partial charge in [-0.25, -0.2) is 0 Å². The van der Waals surface area contributed by atoms with Crippen molar-refractivity contribution in [1.29, 1.82) is 0 Å². The highest BCUT2D eigenvalue weighted by Gasteiger charge is 2.48. The molecule has 0 aliphatic carbocycles. The van der Waals surface area contributed by atoms with E-state index in [2.05, 4.69) is 39.5 Å². The average molecular weight is 393 g/mol. The number of nitrogens with one attached hydrogen (secondary N) is 1. The third-order valence-corrected chi connectivity index (χ3v) is 6.33. The van der Waals surface area contributed by atoms with Crippen LogP contribution in [0, 0.1) is 18.8 Å². The monoisotopic (exact) mass is 392 g/mol. The number of nitrogens with zero attached hydrogens (tertiary/aromatic N) is 2. The van der Waals surface area contributed by atoms with E-state index in [1.54, 1.807) is 19.2 Å². The Morgan fingerprint density at radius 2 is 2.00 bits per heavy atom. The van der Waals surface area contributed by atoms with Crippen molar-refractivity contribution < 1.29 is 9.59 Å². The number of benzene rings is 1. The minimum absolute atomic E-state index is 0.0136. The first-order valence-corrected chi connectivity index (χ1v) is 10.3. The Morgan fingerprint density at radius 1 is 1.21 bits per heavy atom. The number of nitrogens with two attached hydrogens (primary N) is 1. The molecule has 0 spiro atoms. The van der Waals surface area contributed by atoms with Crippen molar-refractivity contribution in [3.05, 3.63) is 65.0 Å². The molecule has 1 amide bonds. The fraction of sp³-hybridized carbons (Fsp3) is 0.435. The second kappa shape index (κ2) is 8.43. The van der Waals surface area contributed by atoms with Gasteiger partial charge in [-0.15, -0.1) is 0 Å². The summed E-state index contributed by atoms with van der Waals surface area (Å²) in [6.45, 7) is 5.33. The molecule has 2 aliphatic heterocycles. The molecule has 3 N–H and O–H groups in total. The Morgan fingerprint density at radius 3 is 2.76 bits per heavy atom. The zero-order valence-electron chi connectivity index (χ0n) is 16.8. The molecule has 152 valence electrons. The number of Topliss-reactive ketones (excluding diaryl/α,β-unsaturated/α-hetero) is 1. The Bertz CT molecular complexity index is 899. The molecule has 4 rings (SSSR count). The third-order valence-electron chi connectivity index (χ3n) is 6.33.